The summed E-state index contributed by atoms with van der Waals surface area (Å²) in [6.07, 6.45) is 0.0742. The van der Waals surface area contributed by atoms with Crippen molar-refractivity contribution in [1.29, 1.82) is 0 Å². The van der Waals surface area contributed by atoms with E-state index in [0.29, 0.717) is 6.42 Å². The van der Waals surface area contributed by atoms with E-state index in [-0.39, 0.29) is 0 Å². The minimum Gasteiger partial charge on any atom is -0.497 e. The Bertz CT molecular complexity index is 585. The van der Waals surface area contributed by atoms with Crippen LogP contribution in [0.25, 0.3) is 0 Å². The number of hydrogen-bond acceptors (Lipinski definition) is 2. The van der Waals surface area contributed by atoms with Crippen molar-refractivity contribution in [3.8, 4) is 5.75 Å². The van der Waals surface area contributed by atoms with Crippen molar-refractivity contribution in [3.05, 3.63) is 63.1 Å². The molecular weight excluding hydrogens is 316 g/mol. The van der Waals surface area contributed by atoms with E-state index in [9.17, 15) is 5.11 Å². The number of aliphatic hydroxyl groups excluding tert-OH is 1. The molecule has 106 valence electrons. The molecule has 0 aliphatic heterocycles. The number of rotatable bonds is 4. The van der Waals surface area contributed by atoms with Crippen molar-refractivity contribution in [1.82, 2.24) is 0 Å². The third-order valence-corrected chi connectivity index (χ3v) is 4.66. The van der Waals surface area contributed by atoms with Gasteiger partial charge in [0.15, 0.2) is 0 Å². The van der Waals surface area contributed by atoms with Crippen LogP contribution in [0, 0.1) is 13.8 Å². The van der Waals surface area contributed by atoms with E-state index in [4.69, 9.17) is 4.74 Å². The number of methoxy groups -OCH3 is 1. The summed E-state index contributed by atoms with van der Waals surface area (Å²) in [4.78, 5) is 0. The first-order valence-electron chi connectivity index (χ1n) is 6.59. The van der Waals surface area contributed by atoms with Crippen LogP contribution in [0.5, 0.6) is 5.75 Å². The lowest BCUT2D eigenvalue weighted by Crippen LogP contribution is -2.03. The lowest BCUT2D eigenvalue weighted by Gasteiger charge is -2.15. The summed E-state index contributed by atoms with van der Waals surface area (Å²) >= 11 is 3.55. The highest BCUT2D eigenvalue weighted by atomic mass is 79.9. The molecule has 0 saturated heterocycles. The van der Waals surface area contributed by atoms with Crippen molar-refractivity contribution in [3.63, 3.8) is 0 Å². The molecule has 0 amide bonds. The molecule has 0 aliphatic carbocycles. The van der Waals surface area contributed by atoms with Crippen LogP contribution in [0.4, 0.5) is 0 Å². The van der Waals surface area contributed by atoms with Gasteiger partial charge in [0.2, 0.25) is 0 Å². The highest BCUT2D eigenvalue weighted by molar-refractivity contribution is 9.10. The zero-order valence-corrected chi connectivity index (χ0v) is 13.6. The zero-order chi connectivity index (χ0) is 14.7. The second-order valence-electron chi connectivity index (χ2n) is 5.04. The van der Waals surface area contributed by atoms with E-state index in [2.05, 4.69) is 15.9 Å². The summed E-state index contributed by atoms with van der Waals surface area (Å²) in [6.45, 7) is 4.08. The first-order chi connectivity index (χ1) is 9.51. The lowest BCUT2D eigenvalue weighted by molar-refractivity contribution is 0.178. The molecule has 3 heteroatoms. The van der Waals surface area contributed by atoms with Crippen molar-refractivity contribution in [2.75, 3.05) is 7.11 Å². The third kappa shape index (κ3) is 3.41. The minimum absolute atomic E-state index is 0.507. The molecule has 0 aromatic heterocycles. The Morgan fingerprint density at radius 1 is 1.15 bits per heavy atom. The molecule has 0 aliphatic rings. The quantitative estimate of drug-likeness (QED) is 0.900. The van der Waals surface area contributed by atoms with Gasteiger partial charge in [-0.1, -0.05) is 40.2 Å². The van der Waals surface area contributed by atoms with Crippen LogP contribution in [0.1, 0.15) is 28.4 Å². The molecule has 0 heterocycles. The van der Waals surface area contributed by atoms with E-state index in [1.165, 1.54) is 0 Å². The summed E-state index contributed by atoms with van der Waals surface area (Å²) in [5.74, 6) is 0.817. The summed E-state index contributed by atoms with van der Waals surface area (Å²) in [5.41, 5.74) is 4.30. The van der Waals surface area contributed by atoms with Crippen molar-refractivity contribution in [2.24, 2.45) is 0 Å². The molecular formula is C17H19BrO2. The number of hydrogen-bond donors (Lipinski definition) is 1. The second kappa shape index (κ2) is 6.42. The first kappa shape index (κ1) is 15.1. The van der Waals surface area contributed by atoms with Gasteiger partial charge in [0.05, 0.1) is 13.2 Å². The van der Waals surface area contributed by atoms with E-state index >= 15 is 0 Å². The lowest BCUT2D eigenvalue weighted by atomic mass is 9.98. The first-order valence-corrected chi connectivity index (χ1v) is 7.38. The fourth-order valence-electron chi connectivity index (χ4n) is 2.31. The highest BCUT2D eigenvalue weighted by Gasteiger charge is 2.12. The van der Waals surface area contributed by atoms with Crippen LogP contribution >= 0.6 is 15.9 Å². The molecule has 0 bridgehead atoms. The molecule has 20 heavy (non-hydrogen) atoms. The fraction of sp³-hybridized carbons (Fsp3) is 0.294. The largest absolute Gasteiger partial charge is 0.497 e. The van der Waals surface area contributed by atoms with Gasteiger partial charge in [-0.25, -0.2) is 0 Å². The minimum atomic E-state index is -0.507. The third-order valence-electron chi connectivity index (χ3n) is 3.41. The Hall–Kier alpha value is -1.32. The molecule has 0 saturated carbocycles. The van der Waals surface area contributed by atoms with Gasteiger partial charge in [-0.2, -0.15) is 0 Å². The van der Waals surface area contributed by atoms with Gasteiger partial charge in [-0.05, 0) is 48.2 Å². The molecule has 2 aromatic rings. The average Bonchev–Trinajstić information content (AvgIpc) is 2.44. The van der Waals surface area contributed by atoms with Crippen molar-refractivity contribution < 1.29 is 9.84 Å². The Labute approximate surface area is 128 Å². The second-order valence-corrected chi connectivity index (χ2v) is 5.83. The number of aliphatic hydroxyl groups is 1. The van der Waals surface area contributed by atoms with E-state index in [1.54, 1.807) is 7.11 Å². The SMILES string of the molecule is COc1cccc(CC(O)c2cc(C)c(Br)c(C)c2)c1. The van der Waals surface area contributed by atoms with Crippen LogP contribution in [0.3, 0.4) is 0 Å². The smallest absolute Gasteiger partial charge is 0.119 e. The number of ether oxygens (including phenoxy) is 1. The number of benzene rings is 2. The maximum Gasteiger partial charge on any atom is 0.119 e. The van der Waals surface area contributed by atoms with Crippen molar-refractivity contribution >= 4 is 15.9 Å². The predicted molar refractivity (Wildman–Crippen MR) is 85.3 cm³/mol. The van der Waals surface area contributed by atoms with Crippen LogP contribution in [0.15, 0.2) is 40.9 Å². The Balaban J connectivity index is 2.21. The standard InChI is InChI=1S/C17H19BrO2/c1-11-7-14(8-12(2)17(11)18)16(19)10-13-5-4-6-15(9-13)20-3/h4-9,16,19H,10H2,1-3H3. The van der Waals surface area contributed by atoms with Gasteiger partial charge in [0.1, 0.15) is 5.75 Å². The molecule has 0 spiro atoms. The molecule has 1 atom stereocenters. The summed E-state index contributed by atoms with van der Waals surface area (Å²) in [7, 11) is 1.65. The van der Waals surface area contributed by atoms with Crippen LogP contribution < -0.4 is 4.74 Å². The van der Waals surface area contributed by atoms with E-state index in [1.807, 2.05) is 50.2 Å². The van der Waals surface area contributed by atoms with Crippen LogP contribution in [0.2, 0.25) is 0 Å². The topological polar surface area (TPSA) is 29.5 Å². The monoisotopic (exact) mass is 334 g/mol. The normalized spacial score (nSPS) is 12.2. The molecule has 2 rings (SSSR count). The maximum absolute atomic E-state index is 10.4. The molecule has 0 fully saturated rings. The number of halogens is 1. The van der Waals surface area contributed by atoms with Gasteiger partial charge in [0.25, 0.3) is 0 Å². The van der Waals surface area contributed by atoms with Gasteiger partial charge in [-0.15, -0.1) is 0 Å². The molecule has 1 unspecified atom stereocenters. The predicted octanol–water partition coefficient (Wildman–Crippen LogP) is 4.35. The van der Waals surface area contributed by atoms with Crippen LogP contribution in [-0.4, -0.2) is 12.2 Å². The van der Waals surface area contributed by atoms with E-state index < -0.39 is 6.10 Å². The van der Waals surface area contributed by atoms with E-state index in [0.717, 1.165) is 32.5 Å². The van der Waals surface area contributed by atoms with Gasteiger partial charge in [0, 0.05) is 10.9 Å². The summed E-state index contributed by atoms with van der Waals surface area (Å²) < 4.78 is 6.31. The zero-order valence-electron chi connectivity index (χ0n) is 12.0. The van der Waals surface area contributed by atoms with Crippen LogP contribution in [-0.2, 0) is 6.42 Å². The summed E-state index contributed by atoms with van der Waals surface area (Å²) in [6, 6.07) is 11.9. The van der Waals surface area contributed by atoms with Gasteiger partial charge < -0.3 is 9.84 Å². The van der Waals surface area contributed by atoms with Crippen molar-refractivity contribution in [2.45, 2.75) is 26.4 Å². The Morgan fingerprint density at radius 2 is 1.80 bits per heavy atom. The number of aryl methyl sites for hydroxylation is 2. The van der Waals surface area contributed by atoms with Gasteiger partial charge >= 0.3 is 0 Å². The fourth-order valence-corrected chi connectivity index (χ4v) is 2.54. The molecule has 2 nitrogen and oxygen atoms in total. The molecule has 0 radical (unpaired) electrons. The van der Waals surface area contributed by atoms with Gasteiger partial charge in [-0.3, -0.25) is 0 Å². The molecule has 2 aromatic carbocycles. The summed E-state index contributed by atoms with van der Waals surface area (Å²) in [5, 5.41) is 10.4. The Kier molecular flexibility index (Phi) is 4.84. The molecule has 1 N–H and O–H groups in total. The Morgan fingerprint density at radius 3 is 2.40 bits per heavy atom. The highest BCUT2D eigenvalue weighted by Crippen LogP contribution is 2.27. The maximum atomic E-state index is 10.4. The average molecular weight is 335 g/mol.